The van der Waals surface area contributed by atoms with Crippen LogP contribution in [0.3, 0.4) is 0 Å². The molecular formula is C15H27NO2. The predicted molar refractivity (Wildman–Crippen MR) is 72.6 cm³/mol. The van der Waals surface area contributed by atoms with Crippen LogP contribution < -0.4 is 0 Å². The van der Waals surface area contributed by atoms with Gasteiger partial charge in [-0.1, -0.05) is 27.2 Å². The van der Waals surface area contributed by atoms with Gasteiger partial charge in [0.05, 0.1) is 6.42 Å². The van der Waals surface area contributed by atoms with E-state index in [1.165, 1.54) is 19.3 Å². The first-order valence-corrected chi connectivity index (χ1v) is 7.33. The normalized spacial score (nSPS) is 36.7. The van der Waals surface area contributed by atoms with Crippen molar-refractivity contribution in [3.63, 3.8) is 0 Å². The van der Waals surface area contributed by atoms with Crippen LogP contribution in [0.25, 0.3) is 0 Å². The van der Waals surface area contributed by atoms with Crippen LogP contribution in [0, 0.1) is 11.3 Å². The number of nitrogens with zero attached hydrogens (tertiary/aromatic N) is 1. The molecule has 0 aromatic rings. The number of aliphatic carboxylic acids is 1. The molecule has 3 heteroatoms. The standard InChI is InChI=1S/C15H27NO2/c1-12-9-14(2,3)11-15(12,10-13(17)18)16-7-5-4-6-8-16/h12H,4-11H2,1-3H3,(H,17,18). The van der Waals surface area contributed by atoms with Crippen molar-refractivity contribution in [2.24, 2.45) is 11.3 Å². The number of piperidine rings is 1. The van der Waals surface area contributed by atoms with E-state index >= 15 is 0 Å². The maximum absolute atomic E-state index is 11.3. The van der Waals surface area contributed by atoms with Crippen molar-refractivity contribution in [2.45, 2.75) is 64.8 Å². The number of likely N-dealkylation sites (tertiary alicyclic amines) is 1. The highest BCUT2D eigenvalue weighted by atomic mass is 16.4. The Bertz CT molecular complexity index is 320. The van der Waals surface area contributed by atoms with Crippen molar-refractivity contribution >= 4 is 5.97 Å². The Morgan fingerprint density at radius 1 is 1.28 bits per heavy atom. The van der Waals surface area contributed by atoms with Crippen molar-refractivity contribution in [3.05, 3.63) is 0 Å². The van der Waals surface area contributed by atoms with Crippen molar-refractivity contribution in [1.29, 1.82) is 0 Å². The molecule has 0 aromatic carbocycles. The molecule has 2 rings (SSSR count). The Kier molecular flexibility index (Phi) is 3.72. The summed E-state index contributed by atoms with van der Waals surface area (Å²) >= 11 is 0. The maximum atomic E-state index is 11.3. The van der Waals surface area contributed by atoms with Gasteiger partial charge in [-0.15, -0.1) is 0 Å². The van der Waals surface area contributed by atoms with Gasteiger partial charge in [-0.2, -0.15) is 0 Å². The highest BCUT2D eigenvalue weighted by Gasteiger charge is 2.52. The zero-order chi connectivity index (χ0) is 13.4. The first-order valence-electron chi connectivity index (χ1n) is 7.33. The summed E-state index contributed by atoms with van der Waals surface area (Å²) in [4.78, 5) is 13.8. The van der Waals surface area contributed by atoms with Crippen LogP contribution in [-0.2, 0) is 4.79 Å². The largest absolute Gasteiger partial charge is 0.481 e. The number of rotatable bonds is 3. The van der Waals surface area contributed by atoms with Gasteiger partial charge in [-0.05, 0) is 50.1 Å². The second-order valence-corrected chi connectivity index (χ2v) is 7.17. The molecule has 2 unspecified atom stereocenters. The van der Waals surface area contributed by atoms with Crippen molar-refractivity contribution in [1.82, 2.24) is 4.90 Å². The van der Waals surface area contributed by atoms with E-state index in [0.29, 0.717) is 12.3 Å². The summed E-state index contributed by atoms with van der Waals surface area (Å²) < 4.78 is 0. The number of hydrogen-bond donors (Lipinski definition) is 1. The molecule has 1 N–H and O–H groups in total. The molecule has 1 saturated carbocycles. The van der Waals surface area contributed by atoms with Gasteiger partial charge in [0.2, 0.25) is 0 Å². The monoisotopic (exact) mass is 253 g/mol. The van der Waals surface area contributed by atoms with Crippen molar-refractivity contribution in [3.8, 4) is 0 Å². The third kappa shape index (κ3) is 2.56. The average Bonchev–Trinajstić information content (AvgIpc) is 2.49. The molecule has 1 aliphatic heterocycles. The van der Waals surface area contributed by atoms with Crippen molar-refractivity contribution in [2.75, 3.05) is 13.1 Å². The molecular weight excluding hydrogens is 226 g/mol. The minimum Gasteiger partial charge on any atom is -0.481 e. The Morgan fingerprint density at radius 3 is 2.33 bits per heavy atom. The molecule has 2 aliphatic rings. The highest BCUT2D eigenvalue weighted by Crippen LogP contribution is 2.52. The quantitative estimate of drug-likeness (QED) is 0.840. The third-order valence-electron chi connectivity index (χ3n) is 5.00. The van der Waals surface area contributed by atoms with Gasteiger partial charge in [-0.25, -0.2) is 0 Å². The fourth-order valence-electron chi connectivity index (χ4n) is 4.47. The summed E-state index contributed by atoms with van der Waals surface area (Å²) in [6.45, 7) is 9.02. The van der Waals surface area contributed by atoms with E-state index in [2.05, 4.69) is 25.7 Å². The molecule has 0 aromatic heterocycles. The lowest BCUT2D eigenvalue weighted by molar-refractivity contribution is -0.141. The molecule has 3 nitrogen and oxygen atoms in total. The topological polar surface area (TPSA) is 40.5 Å². The minimum absolute atomic E-state index is 0.0875. The Balaban J connectivity index is 2.25. The smallest absolute Gasteiger partial charge is 0.305 e. The van der Waals surface area contributed by atoms with E-state index in [-0.39, 0.29) is 11.0 Å². The fourth-order valence-corrected chi connectivity index (χ4v) is 4.47. The van der Waals surface area contributed by atoms with Crippen LogP contribution >= 0.6 is 0 Å². The Labute approximate surface area is 111 Å². The van der Waals surface area contributed by atoms with Crippen LogP contribution in [-0.4, -0.2) is 34.6 Å². The average molecular weight is 253 g/mol. The predicted octanol–water partition coefficient (Wildman–Crippen LogP) is 3.14. The van der Waals surface area contributed by atoms with Gasteiger partial charge >= 0.3 is 5.97 Å². The first kappa shape index (κ1) is 13.9. The van der Waals surface area contributed by atoms with E-state index in [1.807, 2.05) is 0 Å². The zero-order valence-corrected chi connectivity index (χ0v) is 12.0. The van der Waals surface area contributed by atoms with E-state index in [9.17, 15) is 9.90 Å². The van der Waals surface area contributed by atoms with Crippen LogP contribution in [0.2, 0.25) is 0 Å². The van der Waals surface area contributed by atoms with Gasteiger partial charge in [0.1, 0.15) is 0 Å². The van der Waals surface area contributed by atoms with E-state index in [4.69, 9.17) is 0 Å². The molecule has 18 heavy (non-hydrogen) atoms. The summed E-state index contributed by atoms with van der Waals surface area (Å²) in [5.41, 5.74) is 0.196. The molecule has 0 bridgehead atoms. The maximum Gasteiger partial charge on any atom is 0.305 e. The highest BCUT2D eigenvalue weighted by molar-refractivity contribution is 5.68. The van der Waals surface area contributed by atoms with Gasteiger partial charge in [0.15, 0.2) is 0 Å². The van der Waals surface area contributed by atoms with Crippen LogP contribution in [0.1, 0.15) is 59.3 Å². The molecule has 1 heterocycles. The second-order valence-electron chi connectivity index (χ2n) is 7.17. The summed E-state index contributed by atoms with van der Waals surface area (Å²) in [6.07, 6.45) is 6.27. The van der Waals surface area contributed by atoms with E-state index in [0.717, 1.165) is 25.9 Å². The SMILES string of the molecule is CC1CC(C)(C)CC1(CC(=O)O)N1CCCCC1. The molecule has 1 saturated heterocycles. The molecule has 0 radical (unpaired) electrons. The molecule has 2 fully saturated rings. The van der Waals surface area contributed by atoms with Gasteiger partial charge in [-0.3, -0.25) is 9.69 Å². The lowest BCUT2D eigenvalue weighted by atomic mass is 9.80. The number of carbonyl (C=O) groups is 1. The van der Waals surface area contributed by atoms with Crippen LogP contribution in [0.15, 0.2) is 0 Å². The summed E-state index contributed by atoms with van der Waals surface area (Å²) in [5, 5.41) is 9.33. The van der Waals surface area contributed by atoms with E-state index in [1.54, 1.807) is 0 Å². The Morgan fingerprint density at radius 2 is 1.89 bits per heavy atom. The zero-order valence-electron chi connectivity index (χ0n) is 12.0. The molecule has 0 amide bonds. The number of hydrogen-bond acceptors (Lipinski definition) is 2. The molecule has 2 atom stereocenters. The van der Waals surface area contributed by atoms with E-state index < -0.39 is 5.97 Å². The van der Waals surface area contributed by atoms with Gasteiger partial charge in [0.25, 0.3) is 0 Å². The Hall–Kier alpha value is -0.570. The summed E-state index contributed by atoms with van der Waals surface area (Å²) in [7, 11) is 0. The summed E-state index contributed by atoms with van der Waals surface area (Å²) in [6, 6.07) is 0. The van der Waals surface area contributed by atoms with Gasteiger partial charge < -0.3 is 5.11 Å². The lowest BCUT2D eigenvalue weighted by Gasteiger charge is -2.46. The first-order chi connectivity index (χ1) is 8.36. The van der Waals surface area contributed by atoms with Gasteiger partial charge in [0, 0.05) is 5.54 Å². The van der Waals surface area contributed by atoms with Crippen molar-refractivity contribution < 1.29 is 9.90 Å². The summed E-state index contributed by atoms with van der Waals surface area (Å²) in [5.74, 6) is -0.146. The number of carboxylic acids is 1. The lowest BCUT2D eigenvalue weighted by Crippen LogP contribution is -2.54. The molecule has 1 aliphatic carbocycles. The third-order valence-corrected chi connectivity index (χ3v) is 5.00. The van der Waals surface area contributed by atoms with Crippen LogP contribution in [0.5, 0.6) is 0 Å². The second kappa shape index (κ2) is 4.84. The molecule has 0 spiro atoms. The number of carboxylic acid groups (broad SMARTS) is 1. The molecule has 104 valence electrons. The fraction of sp³-hybridized carbons (Fsp3) is 0.933. The minimum atomic E-state index is -0.634. The van der Waals surface area contributed by atoms with Crippen LogP contribution in [0.4, 0.5) is 0 Å².